The Bertz CT molecular complexity index is 462. The van der Waals surface area contributed by atoms with Crippen molar-refractivity contribution < 1.29 is 13.9 Å². The van der Waals surface area contributed by atoms with E-state index in [2.05, 4.69) is 0 Å². The number of rotatable bonds is 2. The number of para-hydroxylation sites is 1. The molecular formula is C14H17FN2O2. The standard InChI is InChI=1S/C14H17FN2O2/c15-14(16-9-5-2-6-10-16)11-19-13(18)17(14)12-7-3-1-4-8-12/h1,3-4,7-8H,2,5-6,9-11H2. The Morgan fingerprint density at radius 2 is 1.79 bits per heavy atom. The van der Waals surface area contributed by atoms with E-state index in [9.17, 15) is 4.79 Å². The molecule has 0 bridgehead atoms. The first-order chi connectivity index (χ1) is 9.22. The van der Waals surface area contributed by atoms with Crippen molar-refractivity contribution in [3.63, 3.8) is 0 Å². The van der Waals surface area contributed by atoms with Gasteiger partial charge in [-0.3, -0.25) is 4.90 Å². The van der Waals surface area contributed by atoms with Gasteiger partial charge in [-0.05, 0) is 25.0 Å². The van der Waals surface area contributed by atoms with Gasteiger partial charge in [-0.1, -0.05) is 24.6 Å². The highest BCUT2D eigenvalue weighted by Crippen LogP contribution is 2.36. The molecule has 2 heterocycles. The number of benzene rings is 1. The lowest BCUT2D eigenvalue weighted by Crippen LogP contribution is -2.58. The summed E-state index contributed by atoms with van der Waals surface area (Å²) < 4.78 is 20.3. The van der Waals surface area contributed by atoms with Gasteiger partial charge in [-0.2, -0.15) is 4.39 Å². The number of nitrogens with zero attached hydrogens (tertiary/aromatic N) is 2. The van der Waals surface area contributed by atoms with Crippen molar-refractivity contribution in [3.8, 4) is 0 Å². The summed E-state index contributed by atoms with van der Waals surface area (Å²) in [6, 6.07) is 8.87. The lowest BCUT2D eigenvalue weighted by atomic mass is 10.1. The topological polar surface area (TPSA) is 32.8 Å². The van der Waals surface area contributed by atoms with Gasteiger partial charge in [0.2, 0.25) is 0 Å². The normalized spacial score (nSPS) is 28.5. The van der Waals surface area contributed by atoms with Gasteiger partial charge in [0.15, 0.2) is 6.61 Å². The first kappa shape index (κ1) is 12.4. The number of ether oxygens (including phenoxy) is 1. The van der Waals surface area contributed by atoms with Crippen LogP contribution in [0.3, 0.4) is 0 Å². The van der Waals surface area contributed by atoms with Gasteiger partial charge in [0.25, 0.3) is 5.92 Å². The number of cyclic esters (lactones) is 1. The van der Waals surface area contributed by atoms with Crippen LogP contribution >= 0.6 is 0 Å². The van der Waals surface area contributed by atoms with Gasteiger partial charge in [0, 0.05) is 13.1 Å². The maximum atomic E-state index is 15.3. The summed E-state index contributed by atoms with van der Waals surface area (Å²) in [5.41, 5.74) is 0.540. The number of piperidine rings is 1. The summed E-state index contributed by atoms with van der Waals surface area (Å²) >= 11 is 0. The number of carbonyl (C=O) groups excluding carboxylic acids is 1. The molecule has 1 aromatic rings. The first-order valence-corrected chi connectivity index (χ1v) is 6.68. The number of alkyl halides is 1. The second kappa shape index (κ2) is 4.81. The fraction of sp³-hybridized carbons (Fsp3) is 0.500. The minimum absolute atomic E-state index is 0.222. The molecule has 1 unspecified atom stereocenters. The Morgan fingerprint density at radius 1 is 1.11 bits per heavy atom. The predicted octanol–water partition coefficient (Wildman–Crippen LogP) is 2.75. The molecule has 0 aliphatic carbocycles. The molecule has 2 fully saturated rings. The number of likely N-dealkylation sites (tertiary alicyclic amines) is 1. The van der Waals surface area contributed by atoms with Crippen molar-refractivity contribution in [1.82, 2.24) is 4.90 Å². The molecule has 0 N–H and O–H groups in total. The molecule has 1 aromatic carbocycles. The molecule has 0 spiro atoms. The highest BCUT2D eigenvalue weighted by Gasteiger charge is 2.53. The second-order valence-corrected chi connectivity index (χ2v) is 4.99. The summed E-state index contributed by atoms with van der Waals surface area (Å²) in [5, 5.41) is 0. The number of carbonyl (C=O) groups is 1. The van der Waals surface area contributed by atoms with Crippen LogP contribution in [0.2, 0.25) is 0 Å². The Kier molecular flexibility index (Phi) is 3.14. The number of hydrogen-bond acceptors (Lipinski definition) is 3. The Labute approximate surface area is 111 Å². The lowest BCUT2D eigenvalue weighted by molar-refractivity contribution is -0.0475. The molecule has 19 heavy (non-hydrogen) atoms. The van der Waals surface area contributed by atoms with Gasteiger partial charge < -0.3 is 4.74 Å². The van der Waals surface area contributed by atoms with E-state index in [0.717, 1.165) is 24.2 Å². The zero-order chi connectivity index (χ0) is 13.3. The minimum Gasteiger partial charge on any atom is -0.442 e. The molecule has 0 radical (unpaired) electrons. The maximum absolute atomic E-state index is 15.3. The van der Waals surface area contributed by atoms with Crippen LogP contribution in [0.4, 0.5) is 14.9 Å². The second-order valence-electron chi connectivity index (χ2n) is 4.99. The van der Waals surface area contributed by atoms with Crippen LogP contribution in [0.15, 0.2) is 30.3 Å². The minimum atomic E-state index is -1.85. The number of anilines is 1. The van der Waals surface area contributed by atoms with Gasteiger partial charge in [-0.15, -0.1) is 0 Å². The van der Waals surface area contributed by atoms with Crippen LogP contribution in [-0.2, 0) is 4.74 Å². The molecular weight excluding hydrogens is 247 g/mol. The van der Waals surface area contributed by atoms with Crippen molar-refractivity contribution in [3.05, 3.63) is 30.3 Å². The summed E-state index contributed by atoms with van der Waals surface area (Å²) in [5.74, 6) is -1.85. The Hall–Kier alpha value is -1.62. The molecule has 3 rings (SSSR count). The van der Waals surface area contributed by atoms with E-state index in [1.54, 1.807) is 29.2 Å². The highest BCUT2D eigenvalue weighted by molar-refractivity contribution is 5.90. The summed E-state index contributed by atoms with van der Waals surface area (Å²) in [4.78, 5) is 14.7. The van der Waals surface area contributed by atoms with E-state index in [1.807, 2.05) is 6.07 Å². The predicted molar refractivity (Wildman–Crippen MR) is 69.5 cm³/mol. The SMILES string of the molecule is O=C1OCC(F)(N2CCCCC2)N1c1ccccc1. The van der Waals surface area contributed by atoms with E-state index in [4.69, 9.17) is 4.74 Å². The molecule has 4 nitrogen and oxygen atoms in total. The van der Waals surface area contributed by atoms with E-state index < -0.39 is 12.0 Å². The molecule has 1 amide bonds. The third-order valence-electron chi connectivity index (χ3n) is 3.76. The quantitative estimate of drug-likeness (QED) is 0.770. The van der Waals surface area contributed by atoms with E-state index in [1.165, 1.54) is 0 Å². The molecule has 2 aliphatic rings. The van der Waals surface area contributed by atoms with Gasteiger partial charge in [0.05, 0.1) is 5.69 Å². The van der Waals surface area contributed by atoms with Crippen molar-refractivity contribution in [2.75, 3.05) is 24.6 Å². The largest absolute Gasteiger partial charge is 0.442 e. The van der Waals surface area contributed by atoms with Crippen LogP contribution in [0, 0.1) is 0 Å². The van der Waals surface area contributed by atoms with Crippen LogP contribution in [0.1, 0.15) is 19.3 Å². The third kappa shape index (κ3) is 2.08. The average Bonchev–Trinajstić information content (AvgIpc) is 2.78. The van der Waals surface area contributed by atoms with Crippen LogP contribution < -0.4 is 4.90 Å². The van der Waals surface area contributed by atoms with Crippen molar-refractivity contribution in [2.24, 2.45) is 0 Å². The monoisotopic (exact) mass is 264 g/mol. The van der Waals surface area contributed by atoms with Crippen molar-refractivity contribution >= 4 is 11.8 Å². The van der Waals surface area contributed by atoms with E-state index in [0.29, 0.717) is 18.8 Å². The smallest absolute Gasteiger partial charge is 0.418 e. The zero-order valence-corrected chi connectivity index (χ0v) is 10.7. The molecule has 2 saturated heterocycles. The molecule has 0 saturated carbocycles. The fourth-order valence-electron chi connectivity index (χ4n) is 2.77. The molecule has 0 aromatic heterocycles. The number of hydrogen-bond donors (Lipinski definition) is 0. The van der Waals surface area contributed by atoms with Crippen LogP contribution in [0.25, 0.3) is 0 Å². The molecule has 102 valence electrons. The zero-order valence-electron chi connectivity index (χ0n) is 10.7. The highest BCUT2D eigenvalue weighted by atomic mass is 19.2. The van der Waals surface area contributed by atoms with Crippen LogP contribution in [0.5, 0.6) is 0 Å². The van der Waals surface area contributed by atoms with Gasteiger partial charge in [0.1, 0.15) is 0 Å². The lowest BCUT2D eigenvalue weighted by Gasteiger charge is -2.39. The van der Waals surface area contributed by atoms with Crippen molar-refractivity contribution in [1.29, 1.82) is 0 Å². The Balaban J connectivity index is 1.93. The van der Waals surface area contributed by atoms with E-state index in [-0.39, 0.29) is 6.61 Å². The summed E-state index contributed by atoms with van der Waals surface area (Å²) in [6.45, 7) is 1.10. The molecule has 1 atom stereocenters. The maximum Gasteiger partial charge on any atom is 0.418 e. The Morgan fingerprint density at radius 3 is 2.47 bits per heavy atom. The van der Waals surface area contributed by atoms with Gasteiger partial charge in [-0.25, -0.2) is 9.69 Å². The van der Waals surface area contributed by atoms with Crippen LogP contribution in [-0.4, -0.2) is 36.6 Å². The summed E-state index contributed by atoms with van der Waals surface area (Å²) in [6.07, 6.45) is 2.43. The number of halogens is 1. The third-order valence-corrected chi connectivity index (χ3v) is 3.76. The fourth-order valence-corrected chi connectivity index (χ4v) is 2.77. The average molecular weight is 264 g/mol. The molecule has 2 aliphatic heterocycles. The van der Waals surface area contributed by atoms with E-state index >= 15 is 4.39 Å². The summed E-state index contributed by atoms with van der Waals surface area (Å²) in [7, 11) is 0. The number of amides is 1. The first-order valence-electron chi connectivity index (χ1n) is 6.68. The van der Waals surface area contributed by atoms with Crippen molar-refractivity contribution in [2.45, 2.75) is 25.2 Å². The van der Waals surface area contributed by atoms with Gasteiger partial charge >= 0.3 is 6.09 Å². The molecule has 5 heteroatoms.